The molecule has 4 aromatic rings. The van der Waals surface area contributed by atoms with Crippen LogP contribution in [0, 0.1) is 12.8 Å². The topological polar surface area (TPSA) is 114 Å². The van der Waals surface area contributed by atoms with Crippen LogP contribution in [0.1, 0.15) is 30.7 Å². The smallest absolute Gasteiger partial charge is 0.180 e. The zero-order valence-corrected chi connectivity index (χ0v) is 20.3. The van der Waals surface area contributed by atoms with Gasteiger partial charge in [-0.05, 0) is 68.1 Å². The molecule has 2 aromatic carbocycles. The van der Waals surface area contributed by atoms with E-state index in [1.807, 2.05) is 51.2 Å². The summed E-state index contributed by atoms with van der Waals surface area (Å²) >= 11 is 0. The predicted octanol–water partition coefficient (Wildman–Crippen LogP) is 4.84. The zero-order valence-electron chi connectivity index (χ0n) is 20.3. The summed E-state index contributed by atoms with van der Waals surface area (Å²) in [5, 5.41) is 14.6. The van der Waals surface area contributed by atoms with Gasteiger partial charge in [0.2, 0.25) is 0 Å². The number of carbonyl (C=O) groups is 1. The Bertz CT molecular complexity index is 1270. The molecule has 1 aliphatic carbocycles. The van der Waals surface area contributed by atoms with E-state index >= 15 is 0 Å². The van der Waals surface area contributed by atoms with Crippen molar-refractivity contribution in [2.45, 2.75) is 26.2 Å². The van der Waals surface area contributed by atoms with E-state index in [9.17, 15) is 4.79 Å². The van der Waals surface area contributed by atoms with Crippen LogP contribution >= 0.6 is 0 Å². The minimum atomic E-state index is 0.163. The normalized spacial score (nSPS) is 16.1. The average molecular weight is 475 g/mol. The molecule has 3 N–H and O–H groups in total. The summed E-state index contributed by atoms with van der Waals surface area (Å²) in [4.78, 5) is 19.5. The number of hydrogen-bond donors (Lipinski definition) is 3. The lowest BCUT2D eigenvalue weighted by atomic mass is 10.1. The number of anilines is 3. The second kappa shape index (κ2) is 10.9. The fourth-order valence-corrected chi connectivity index (χ4v) is 3.79. The van der Waals surface area contributed by atoms with Crippen molar-refractivity contribution in [3.8, 4) is 11.5 Å². The Morgan fingerprint density at radius 3 is 2.63 bits per heavy atom. The number of carbonyl (C=O) groups excluding carboxylic acids is 1. The molecule has 0 spiro atoms. The van der Waals surface area contributed by atoms with E-state index in [0.717, 1.165) is 35.0 Å². The summed E-state index contributed by atoms with van der Waals surface area (Å²) in [5.74, 6) is 3.91. The molecule has 0 bridgehead atoms. The Kier molecular flexibility index (Phi) is 7.45. The number of ether oxygens (including phenoxy) is 2. The number of fused-ring (bicyclic) bond motifs is 1. The number of nitrogens with one attached hydrogen (secondary N) is 3. The summed E-state index contributed by atoms with van der Waals surface area (Å²) in [6.07, 6.45) is 3.64. The van der Waals surface area contributed by atoms with Gasteiger partial charge in [0, 0.05) is 24.0 Å². The van der Waals surface area contributed by atoms with Crippen molar-refractivity contribution >= 4 is 34.5 Å². The molecule has 1 unspecified atom stereocenters. The number of hydrogen-bond acceptors (Lipinski definition) is 8. The average Bonchev–Trinajstić information content (AvgIpc) is 3.59. The fourth-order valence-electron chi connectivity index (χ4n) is 3.79. The van der Waals surface area contributed by atoms with E-state index in [-0.39, 0.29) is 5.92 Å². The highest BCUT2D eigenvalue weighted by Gasteiger charge is 2.38. The van der Waals surface area contributed by atoms with Crippen LogP contribution in [0.15, 0.2) is 48.7 Å². The third kappa shape index (κ3) is 5.68. The molecular formula is C26H30N6O3. The van der Waals surface area contributed by atoms with Gasteiger partial charge in [0.1, 0.15) is 17.9 Å². The standard InChI is InChI=1S/C18H19N5O2.C8H11NO/c1-3-25-16-8-19-10(2)20-18(16)21-17-13-5-4-11(7-15(13)22-23-17)14-6-12(14)9-24;1-9-7-3-5-8(10-2)6-4-7/h4-5,7-9,12,14H,3,6H2,1-2H3,(H2,19,20,21,22,23);3-6,9H,1-2H3/t12?,14-;/m0./s1. The largest absolute Gasteiger partial charge is 0.497 e. The first-order valence-electron chi connectivity index (χ1n) is 11.5. The van der Waals surface area contributed by atoms with E-state index in [1.54, 1.807) is 13.3 Å². The van der Waals surface area contributed by atoms with Crippen molar-refractivity contribution in [3.05, 3.63) is 60.0 Å². The van der Waals surface area contributed by atoms with Crippen LogP contribution < -0.4 is 20.1 Å². The molecule has 182 valence electrons. The Balaban J connectivity index is 0.000000243. The molecule has 9 nitrogen and oxygen atoms in total. The van der Waals surface area contributed by atoms with Gasteiger partial charge in [0.05, 0.1) is 25.4 Å². The number of methoxy groups -OCH3 is 1. The van der Waals surface area contributed by atoms with Crippen LogP contribution in [-0.4, -0.2) is 47.2 Å². The lowest BCUT2D eigenvalue weighted by Crippen LogP contribution is -2.03. The van der Waals surface area contributed by atoms with Crippen LogP contribution in [0.5, 0.6) is 11.5 Å². The molecule has 1 saturated carbocycles. The third-order valence-corrected chi connectivity index (χ3v) is 5.82. The van der Waals surface area contributed by atoms with Gasteiger partial charge in [-0.3, -0.25) is 5.10 Å². The van der Waals surface area contributed by atoms with E-state index in [1.165, 1.54) is 5.56 Å². The number of aromatic amines is 1. The second-order valence-electron chi connectivity index (χ2n) is 8.19. The molecule has 0 aliphatic heterocycles. The number of aldehydes is 1. The van der Waals surface area contributed by atoms with Gasteiger partial charge in [-0.2, -0.15) is 5.10 Å². The zero-order chi connectivity index (χ0) is 24.8. The summed E-state index contributed by atoms with van der Waals surface area (Å²) < 4.78 is 10.6. The van der Waals surface area contributed by atoms with Crippen LogP contribution in [0.3, 0.4) is 0 Å². The van der Waals surface area contributed by atoms with Crippen molar-refractivity contribution in [2.75, 3.05) is 31.4 Å². The number of aromatic nitrogens is 4. The molecule has 2 aromatic heterocycles. The Morgan fingerprint density at radius 2 is 1.97 bits per heavy atom. The maximum Gasteiger partial charge on any atom is 0.180 e. The Morgan fingerprint density at radius 1 is 1.17 bits per heavy atom. The predicted molar refractivity (Wildman–Crippen MR) is 137 cm³/mol. The molecular weight excluding hydrogens is 444 g/mol. The first-order chi connectivity index (χ1) is 17.1. The third-order valence-electron chi connectivity index (χ3n) is 5.82. The molecule has 0 radical (unpaired) electrons. The maximum absolute atomic E-state index is 10.9. The fraction of sp³-hybridized carbons (Fsp3) is 0.308. The molecule has 1 aliphatic rings. The lowest BCUT2D eigenvalue weighted by Gasteiger charge is -2.10. The number of nitrogens with zero attached hydrogens (tertiary/aromatic N) is 3. The number of H-pyrrole nitrogens is 1. The molecule has 0 saturated heterocycles. The molecule has 2 atom stereocenters. The quantitative estimate of drug-likeness (QED) is 0.311. The first kappa shape index (κ1) is 24.0. The summed E-state index contributed by atoms with van der Waals surface area (Å²) in [6, 6.07) is 13.9. The molecule has 35 heavy (non-hydrogen) atoms. The van der Waals surface area contributed by atoms with Crippen molar-refractivity contribution in [1.82, 2.24) is 20.2 Å². The van der Waals surface area contributed by atoms with Crippen molar-refractivity contribution in [1.29, 1.82) is 0 Å². The van der Waals surface area contributed by atoms with E-state index < -0.39 is 0 Å². The van der Waals surface area contributed by atoms with Crippen molar-refractivity contribution < 1.29 is 14.3 Å². The van der Waals surface area contributed by atoms with E-state index in [2.05, 4.69) is 42.9 Å². The summed E-state index contributed by atoms with van der Waals surface area (Å²) in [7, 11) is 3.55. The minimum absolute atomic E-state index is 0.163. The van der Waals surface area contributed by atoms with Gasteiger partial charge in [-0.15, -0.1) is 0 Å². The summed E-state index contributed by atoms with van der Waals surface area (Å²) in [5.41, 5.74) is 3.20. The highest BCUT2D eigenvalue weighted by Crippen LogP contribution is 2.46. The first-order valence-corrected chi connectivity index (χ1v) is 11.5. The number of aryl methyl sites for hydroxylation is 1. The van der Waals surface area contributed by atoms with Gasteiger partial charge in [0.25, 0.3) is 0 Å². The number of rotatable bonds is 8. The summed E-state index contributed by atoms with van der Waals surface area (Å²) in [6.45, 7) is 4.28. The van der Waals surface area contributed by atoms with Gasteiger partial charge in [0.15, 0.2) is 17.4 Å². The van der Waals surface area contributed by atoms with Crippen LogP contribution in [0.25, 0.3) is 10.9 Å². The van der Waals surface area contributed by atoms with E-state index in [4.69, 9.17) is 9.47 Å². The van der Waals surface area contributed by atoms with Gasteiger partial charge >= 0.3 is 0 Å². The number of benzene rings is 2. The highest BCUT2D eigenvalue weighted by atomic mass is 16.5. The molecule has 1 fully saturated rings. The van der Waals surface area contributed by atoms with Crippen LogP contribution in [-0.2, 0) is 4.79 Å². The molecule has 0 amide bonds. The highest BCUT2D eigenvalue weighted by molar-refractivity contribution is 5.92. The molecule has 9 heteroatoms. The van der Waals surface area contributed by atoms with Gasteiger partial charge in [-0.25, -0.2) is 9.97 Å². The maximum atomic E-state index is 10.9. The van der Waals surface area contributed by atoms with Crippen molar-refractivity contribution in [2.24, 2.45) is 5.92 Å². The SMILES string of the molecule is CCOc1cnc(C)nc1Nc1n[nH]c2cc([C@@H]3CC3C=O)ccc12.CNc1ccc(OC)cc1. The van der Waals surface area contributed by atoms with Crippen LogP contribution in [0.2, 0.25) is 0 Å². The van der Waals surface area contributed by atoms with Gasteiger partial charge < -0.3 is 24.9 Å². The van der Waals surface area contributed by atoms with E-state index in [0.29, 0.717) is 35.7 Å². The van der Waals surface area contributed by atoms with Crippen molar-refractivity contribution in [3.63, 3.8) is 0 Å². The van der Waals surface area contributed by atoms with Gasteiger partial charge in [-0.1, -0.05) is 6.07 Å². The Hall–Kier alpha value is -4.14. The second-order valence-corrected chi connectivity index (χ2v) is 8.19. The minimum Gasteiger partial charge on any atom is -0.497 e. The lowest BCUT2D eigenvalue weighted by molar-refractivity contribution is -0.108. The van der Waals surface area contributed by atoms with Crippen LogP contribution in [0.4, 0.5) is 17.3 Å². The molecule has 2 heterocycles. The molecule has 5 rings (SSSR count). The monoisotopic (exact) mass is 474 g/mol. The Labute approximate surface area is 204 Å².